The highest BCUT2D eigenvalue weighted by atomic mass is 16.3. The van der Waals surface area contributed by atoms with Crippen molar-refractivity contribution in [1.29, 1.82) is 0 Å². The minimum Gasteiger partial charge on any atom is -0.381 e. The standard InChI is InChI=1S/C23H28O/c1-6-8-17-9-7-12-23(24,16-17)18-10-11-19-20(15-18)22(4,5)14-13-21(19,2)3/h7,9-12,15,24H,13-14,16H2,1-5H3. The lowest BCUT2D eigenvalue weighted by Crippen LogP contribution is -2.35. The molecule has 24 heavy (non-hydrogen) atoms. The number of hydrogen-bond acceptors (Lipinski definition) is 1. The molecule has 0 radical (unpaired) electrons. The molecule has 1 nitrogen and oxygen atoms in total. The number of fused-ring (bicyclic) bond motifs is 1. The Morgan fingerprint density at radius 2 is 1.67 bits per heavy atom. The minimum atomic E-state index is -0.958. The Hall–Kier alpha value is -1.78. The van der Waals surface area contributed by atoms with Crippen LogP contribution in [-0.2, 0) is 16.4 Å². The molecule has 0 saturated heterocycles. The van der Waals surface area contributed by atoms with Crippen molar-refractivity contribution in [3.8, 4) is 11.8 Å². The van der Waals surface area contributed by atoms with Gasteiger partial charge in [-0.15, -0.1) is 5.92 Å². The first-order valence-corrected chi connectivity index (χ1v) is 8.87. The highest BCUT2D eigenvalue weighted by molar-refractivity contribution is 5.48. The topological polar surface area (TPSA) is 20.2 Å². The van der Waals surface area contributed by atoms with Crippen molar-refractivity contribution >= 4 is 0 Å². The van der Waals surface area contributed by atoms with Crippen LogP contribution in [0.1, 0.15) is 70.6 Å². The molecule has 1 unspecified atom stereocenters. The van der Waals surface area contributed by atoms with Crippen LogP contribution < -0.4 is 0 Å². The van der Waals surface area contributed by atoms with Gasteiger partial charge in [0.2, 0.25) is 0 Å². The summed E-state index contributed by atoms with van der Waals surface area (Å²) >= 11 is 0. The number of benzene rings is 1. The van der Waals surface area contributed by atoms with E-state index in [1.54, 1.807) is 0 Å². The quantitative estimate of drug-likeness (QED) is 0.711. The summed E-state index contributed by atoms with van der Waals surface area (Å²) < 4.78 is 0. The average Bonchev–Trinajstić information content (AvgIpc) is 2.52. The smallest absolute Gasteiger partial charge is 0.113 e. The minimum absolute atomic E-state index is 0.150. The van der Waals surface area contributed by atoms with Gasteiger partial charge in [0, 0.05) is 12.0 Å². The van der Waals surface area contributed by atoms with E-state index in [1.807, 2.05) is 25.2 Å². The second-order valence-corrected chi connectivity index (χ2v) is 8.56. The van der Waals surface area contributed by atoms with E-state index in [0.29, 0.717) is 6.42 Å². The molecule has 0 amide bonds. The zero-order chi connectivity index (χ0) is 17.6. The van der Waals surface area contributed by atoms with E-state index in [0.717, 1.165) is 11.1 Å². The SMILES string of the molecule is CC#CC1=CC=CC(O)(c2ccc3c(c2)C(C)(C)CCC3(C)C)C1. The van der Waals surface area contributed by atoms with Gasteiger partial charge in [-0.25, -0.2) is 0 Å². The van der Waals surface area contributed by atoms with Crippen LogP contribution in [0.5, 0.6) is 0 Å². The van der Waals surface area contributed by atoms with E-state index in [-0.39, 0.29) is 10.8 Å². The Morgan fingerprint density at radius 1 is 1.00 bits per heavy atom. The second kappa shape index (κ2) is 5.64. The summed E-state index contributed by atoms with van der Waals surface area (Å²) in [5.41, 5.74) is 4.17. The lowest BCUT2D eigenvalue weighted by atomic mass is 9.62. The molecule has 1 aromatic rings. The Kier molecular flexibility index (Phi) is 4.01. The molecule has 0 aromatic heterocycles. The maximum Gasteiger partial charge on any atom is 0.113 e. The lowest BCUT2D eigenvalue weighted by Gasteiger charge is -2.42. The third-order valence-electron chi connectivity index (χ3n) is 5.77. The third-order valence-corrected chi connectivity index (χ3v) is 5.77. The van der Waals surface area contributed by atoms with Gasteiger partial charge in [-0.1, -0.05) is 64.0 Å². The first-order valence-electron chi connectivity index (χ1n) is 8.87. The number of aliphatic hydroxyl groups is 1. The largest absolute Gasteiger partial charge is 0.381 e. The zero-order valence-electron chi connectivity index (χ0n) is 15.5. The van der Waals surface area contributed by atoms with Gasteiger partial charge in [-0.05, 0) is 53.4 Å². The van der Waals surface area contributed by atoms with Gasteiger partial charge in [0.15, 0.2) is 0 Å². The van der Waals surface area contributed by atoms with Crippen LogP contribution in [-0.4, -0.2) is 5.11 Å². The molecule has 0 bridgehead atoms. The molecule has 1 aromatic carbocycles. The highest BCUT2D eigenvalue weighted by Crippen LogP contribution is 2.47. The van der Waals surface area contributed by atoms with Crippen molar-refractivity contribution in [3.05, 3.63) is 58.7 Å². The van der Waals surface area contributed by atoms with Crippen molar-refractivity contribution in [3.63, 3.8) is 0 Å². The van der Waals surface area contributed by atoms with Crippen LogP contribution in [0.2, 0.25) is 0 Å². The van der Waals surface area contributed by atoms with Gasteiger partial charge in [0.05, 0.1) is 0 Å². The molecule has 0 fully saturated rings. The van der Waals surface area contributed by atoms with Crippen LogP contribution >= 0.6 is 0 Å². The molecule has 2 aliphatic rings. The summed E-state index contributed by atoms with van der Waals surface area (Å²) in [7, 11) is 0. The zero-order valence-corrected chi connectivity index (χ0v) is 15.5. The molecule has 1 heteroatoms. The van der Waals surface area contributed by atoms with Crippen LogP contribution in [0.15, 0.2) is 42.0 Å². The Balaban J connectivity index is 2.07. The van der Waals surface area contributed by atoms with E-state index < -0.39 is 5.60 Å². The van der Waals surface area contributed by atoms with Crippen molar-refractivity contribution in [2.45, 2.75) is 70.3 Å². The van der Waals surface area contributed by atoms with Crippen LogP contribution in [0.25, 0.3) is 0 Å². The van der Waals surface area contributed by atoms with Gasteiger partial charge in [-0.2, -0.15) is 0 Å². The summed E-state index contributed by atoms with van der Waals surface area (Å²) in [6.07, 6.45) is 8.75. The fraction of sp³-hybridized carbons (Fsp3) is 0.478. The maximum absolute atomic E-state index is 11.2. The Morgan fingerprint density at radius 3 is 2.33 bits per heavy atom. The summed E-state index contributed by atoms with van der Waals surface area (Å²) in [6, 6.07) is 6.58. The van der Waals surface area contributed by atoms with E-state index in [9.17, 15) is 5.11 Å². The van der Waals surface area contributed by atoms with Crippen molar-refractivity contribution in [1.82, 2.24) is 0 Å². The molecule has 126 valence electrons. The predicted octanol–water partition coefficient (Wildman–Crippen LogP) is 5.13. The number of hydrogen-bond donors (Lipinski definition) is 1. The van der Waals surface area contributed by atoms with Gasteiger partial charge < -0.3 is 5.11 Å². The summed E-state index contributed by atoms with van der Waals surface area (Å²) in [5, 5.41) is 11.2. The van der Waals surface area contributed by atoms with Gasteiger partial charge >= 0.3 is 0 Å². The molecule has 2 aliphatic carbocycles. The highest BCUT2D eigenvalue weighted by Gasteiger charge is 2.38. The molecule has 1 N–H and O–H groups in total. The van der Waals surface area contributed by atoms with E-state index in [4.69, 9.17) is 0 Å². The lowest BCUT2D eigenvalue weighted by molar-refractivity contribution is 0.0893. The van der Waals surface area contributed by atoms with Gasteiger partial charge in [0.1, 0.15) is 5.60 Å². The fourth-order valence-corrected chi connectivity index (χ4v) is 4.03. The number of allylic oxidation sites excluding steroid dienone is 2. The first kappa shape index (κ1) is 17.1. The normalized spacial score (nSPS) is 26.8. The maximum atomic E-state index is 11.2. The Bertz CT molecular complexity index is 780. The molecule has 0 saturated carbocycles. The average molecular weight is 320 g/mol. The predicted molar refractivity (Wildman–Crippen MR) is 101 cm³/mol. The van der Waals surface area contributed by atoms with Crippen molar-refractivity contribution < 1.29 is 5.11 Å². The molecular formula is C23H28O. The Labute approximate surface area is 146 Å². The third kappa shape index (κ3) is 2.85. The van der Waals surface area contributed by atoms with E-state index in [2.05, 4.69) is 57.7 Å². The van der Waals surface area contributed by atoms with Crippen molar-refractivity contribution in [2.24, 2.45) is 0 Å². The molecule has 0 aliphatic heterocycles. The molecule has 3 rings (SSSR count). The van der Waals surface area contributed by atoms with Gasteiger partial charge in [0.25, 0.3) is 0 Å². The molecular weight excluding hydrogens is 292 g/mol. The monoisotopic (exact) mass is 320 g/mol. The van der Waals surface area contributed by atoms with E-state index >= 15 is 0 Å². The molecule has 0 spiro atoms. The molecule has 0 heterocycles. The van der Waals surface area contributed by atoms with Crippen LogP contribution in [0.4, 0.5) is 0 Å². The molecule has 1 atom stereocenters. The van der Waals surface area contributed by atoms with Crippen molar-refractivity contribution in [2.75, 3.05) is 0 Å². The number of rotatable bonds is 1. The summed E-state index contributed by atoms with van der Waals surface area (Å²) in [5.74, 6) is 6.04. The van der Waals surface area contributed by atoms with Crippen LogP contribution in [0.3, 0.4) is 0 Å². The fourth-order valence-electron chi connectivity index (χ4n) is 4.03. The second-order valence-electron chi connectivity index (χ2n) is 8.56. The van der Waals surface area contributed by atoms with E-state index in [1.165, 1.54) is 24.0 Å². The first-order chi connectivity index (χ1) is 11.2. The summed E-state index contributed by atoms with van der Waals surface area (Å²) in [6.45, 7) is 11.1. The summed E-state index contributed by atoms with van der Waals surface area (Å²) in [4.78, 5) is 0. The van der Waals surface area contributed by atoms with Gasteiger partial charge in [-0.3, -0.25) is 0 Å². The van der Waals surface area contributed by atoms with Crippen LogP contribution in [0, 0.1) is 11.8 Å².